The second kappa shape index (κ2) is 6.09. The van der Waals surface area contributed by atoms with E-state index in [2.05, 4.69) is 4.90 Å². The number of nitrogens with zero attached hydrogens (tertiary/aromatic N) is 1. The zero-order chi connectivity index (χ0) is 13.9. The Bertz CT molecular complexity index is 482. The highest BCUT2D eigenvalue weighted by Gasteiger charge is 2.34. The molecule has 3 rings (SSSR count). The number of Topliss-reactive ketones (excluding diaryl/α,β-unsaturated/α-hetero) is 1. The molecule has 20 heavy (non-hydrogen) atoms. The highest BCUT2D eigenvalue weighted by Crippen LogP contribution is 2.36. The zero-order valence-electron chi connectivity index (χ0n) is 12.5. The molecule has 2 fully saturated rings. The monoisotopic (exact) mass is 271 g/mol. The Labute approximate surface area is 122 Å². The maximum absolute atomic E-state index is 12.4. The Hall–Kier alpha value is -1.15. The summed E-state index contributed by atoms with van der Waals surface area (Å²) in [7, 11) is 0. The number of fused-ring (bicyclic) bond motifs is 1. The van der Waals surface area contributed by atoms with Crippen molar-refractivity contribution < 1.29 is 4.79 Å². The lowest BCUT2D eigenvalue weighted by Gasteiger charge is -2.37. The summed E-state index contributed by atoms with van der Waals surface area (Å²) in [4.78, 5) is 15.0. The number of carbonyl (C=O) groups is 1. The summed E-state index contributed by atoms with van der Waals surface area (Å²) in [6, 6.07) is 8.73. The van der Waals surface area contributed by atoms with Crippen molar-refractivity contribution in [2.75, 3.05) is 13.1 Å². The lowest BCUT2D eigenvalue weighted by Crippen LogP contribution is -2.43. The summed E-state index contributed by atoms with van der Waals surface area (Å²) in [5.41, 5.74) is 2.02. The number of carbonyl (C=O) groups excluding carboxylic acids is 1. The van der Waals surface area contributed by atoms with Crippen molar-refractivity contribution in [3.63, 3.8) is 0 Å². The summed E-state index contributed by atoms with van der Waals surface area (Å²) in [6.45, 7) is 4.18. The molecule has 0 aromatic heterocycles. The summed E-state index contributed by atoms with van der Waals surface area (Å²) in [5, 5.41) is 0. The van der Waals surface area contributed by atoms with Gasteiger partial charge < -0.3 is 0 Å². The van der Waals surface area contributed by atoms with Crippen LogP contribution in [0.5, 0.6) is 0 Å². The average Bonchev–Trinajstić information content (AvgIpc) is 2.94. The molecule has 0 radical (unpaired) electrons. The number of likely N-dealkylation sites (tertiary alicyclic amines) is 1. The first-order valence-electron chi connectivity index (χ1n) is 8.08. The first kappa shape index (κ1) is 13.8. The molecule has 1 saturated heterocycles. The third-order valence-corrected chi connectivity index (χ3v) is 5.18. The quantitative estimate of drug-likeness (QED) is 0.776. The number of hydrogen-bond acceptors (Lipinski definition) is 2. The van der Waals surface area contributed by atoms with Crippen LogP contribution < -0.4 is 0 Å². The lowest BCUT2D eigenvalue weighted by atomic mass is 9.91. The minimum atomic E-state index is 0.309. The molecule has 0 N–H and O–H groups in total. The Morgan fingerprint density at radius 3 is 2.85 bits per heavy atom. The lowest BCUT2D eigenvalue weighted by molar-refractivity contribution is 0.0875. The highest BCUT2D eigenvalue weighted by atomic mass is 16.1. The van der Waals surface area contributed by atoms with Gasteiger partial charge in [-0.05, 0) is 50.6 Å². The van der Waals surface area contributed by atoms with Crippen molar-refractivity contribution in [3.05, 3.63) is 35.4 Å². The molecule has 2 aliphatic rings. The third-order valence-electron chi connectivity index (χ3n) is 5.18. The summed E-state index contributed by atoms with van der Waals surface area (Å²) in [6.07, 6.45) is 7.55. The Morgan fingerprint density at radius 2 is 2.00 bits per heavy atom. The van der Waals surface area contributed by atoms with Gasteiger partial charge in [-0.15, -0.1) is 0 Å². The first-order valence-corrected chi connectivity index (χ1v) is 8.08. The zero-order valence-corrected chi connectivity index (χ0v) is 12.5. The molecule has 1 aliphatic carbocycles. The predicted molar refractivity (Wildman–Crippen MR) is 82.1 cm³/mol. The van der Waals surface area contributed by atoms with Crippen molar-refractivity contribution in [3.8, 4) is 0 Å². The molecule has 2 heteroatoms. The molecular formula is C18H25NO. The minimum Gasteiger partial charge on any atom is -0.300 e. The third kappa shape index (κ3) is 2.80. The van der Waals surface area contributed by atoms with E-state index in [1.165, 1.54) is 38.6 Å². The minimum absolute atomic E-state index is 0.309. The van der Waals surface area contributed by atoms with Gasteiger partial charge in [-0.25, -0.2) is 0 Å². The summed E-state index contributed by atoms with van der Waals surface area (Å²) in [5.74, 6) is 1.22. The van der Waals surface area contributed by atoms with Crippen LogP contribution in [0.25, 0.3) is 0 Å². The molecule has 1 aromatic carbocycles. The van der Waals surface area contributed by atoms with Gasteiger partial charge in [-0.3, -0.25) is 9.69 Å². The van der Waals surface area contributed by atoms with Crippen molar-refractivity contribution in [2.45, 2.75) is 51.5 Å². The molecular weight excluding hydrogens is 246 g/mol. The van der Waals surface area contributed by atoms with Crippen LogP contribution in [0.15, 0.2) is 24.3 Å². The number of aryl methyl sites for hydroxylation is 1. The van der Waals surface area contributed by atoms with Crippen LogP contribution in [-0.4, -0.2) is 29.8 Å². The summed E-state index contributed by atoms with van der Waals surface area (Å²) >= 11 is 0. The average molecular weight is 271 g/mol. The maximum atomic E-state index is 12.4. The smallest absolute Gasteiger partial charge is 0.164 e. The van der Waals surface area contributed by atoms with Crippen LogP contribution >= 0.6 is 0 Å². The SMILES string of the molecule is Cc1ccccc1C(=O)CCN1CCCC2CCCC21. The van der Waals surface area contributed by atoms with Crippen molar-refractivity contribution >= 4 is 5.78 Å². The number of hydrogen-bond donors (Lipinski definition) is 0. The van der Waals surface area contributed by atoms with Crippen LogP contribution in [0.4, 0.5) is 0 Å². The van der Waals surface area contributed by atoms with E-state index in [4.69, 9.17) is 0 Å². The number of benzene rings is 1. The molecule has 1 saturated carbocycles. The van der Waals surface area contributed by atoms with E-state index < -0.39 is 0 Å². The van der Waals surface area contributed by atoms with E-state index in [9.17, 15) is 4.79 Å². The Morgan fingerprint density at radius 1 is 1.20 bits per heavy atom. The molecule has 0 bridgehead atoms. The first-order chi connectivity index (χ1) is 9.75. The molecule has 1 aliphatic heterocycles. The van der Waals surface area contributed by atoms with Crippen molar-refractivity contribution in [2.24, 2.45) is 5.92 Å². The molecule has 0 amide bonds. The van der Waals surface area contributed by atoms with Crippen molar-refractivity contribution in [1.82, 2.24) is 4.90 Å². The van der Waals surface area contributed by atoms with Crippen LogP contribution in [-0.2, 0) is 0 Å². The maximum Gasteiger partial charge on any atom is 0.164 e. The number of rotatable bonds is 4. The van der Waals surface area contributed by atoms with E-state index in [1.807, 2.05) is 31.2 Å². The fourth-order valence-electron chi connectivity index (χ4n) is 4.10. The van der Waals surface area contributed by atoms with Gasteiger partial charge in [0.25, 0.3) is 0 Å². The van der Waals surface area contributed by atoms with Gasteiger partial charge in [0.1, 0.15) is 0 Å². The fourth-order valence-corrected chi connectivity index (χ4v) is 4.10. The van der Waals surface area contributed by atoms with Crippen LogP contribution in [0, 0.1) is 12.8 Å². The Balaban J connectivity index is 1.59. The van der Waals surface area contributed by atoms with E-state index in [0.717, 1.165) is 29.6 Å². The summed E-state index contributed by atoms with van der Waals surface area (Å²) < 4.78 is 0. The van der Waals surface area contributed by atoms with Gasteiger partial charge in [0.05, 0.1) is 0 Å². The second-order valence-corrected chi connectivity index (χ2v) is 6.42. The largest absolute Gasteiger partial charge is 0.300 e. The van der Waals surface area contributed by atoms with Crippen LogP contribution in [0.3, 0.4) is 0 Å². The van der Waals surface area contributed by atoms with Crippen molar-refractivity contribution in [1.29, 1.82) is 0 Å². The van der Waals surface area contributed by atoms with Gasteiger partial charge in [-0.1, -0.05) is 30.7 Å². The van der Waals surface area contributed by atoms with E-state index in [-0.39, 0.29) is 0 Å². The molecule has 2 unspecified atom stereocenters. The van der Waals surface area contributed by atoms with E-state index in [0.29, 0.717) is 12.2 Å². The van der Waals surface area contributed by atoms with Gasteiger partial charge in [-0.2, -0.15) is 0 Å². The van der Waals surface area contributed by atoms with Gasteiger partial charge in [0, 0.05) is 24.6 Å². The number of ketones is 1. The Kier molecular flexibility index (Phi) is 4.21. The highest BCUT2D eigenvalue weighted by molar-refractivity contribution is 5.97. The normalized spacial score (nSPS) is 26.4. The fraction of sp³-hybridized carbons (Fsp3) is 0.611. The van der Waals surface area contributed by atoms with Gasteiger partial charge in [0.2, 0.25) is 0 Å². The molecule has 108 valence electrons. The van der Waals surface area contributed by atoms with Crippen LogP contribution in [0.1, 0.15) is 54.4 Å². The molecule has 2 nitrogen and oxygen atoms in total. The molecule has 0 spiro atoms. The molecule has 1 heterocycles. The number of piperidine rings is 1. The van der Waals surface area contributed by atoms with Gasteiger partial charge >= 0.3 is 0 Å². The molecule has 1 aromatic rings. The van der Waals surface area contributed by atoms with E-state index in [1.54, 1.807) is 0 Å². The molecule has 2 atom stereocenters. The second-order valence-electron chi connectivity index (χ2n) is 6.42. The predicted octanol–water partition coefficient (Wildman–Crippen LogP) is 3.83. The van der Waals surface area contributed by atoms with Gasteiger partial charge in [0.15, 0.2) is 5.78 Å². The van der Waals surface area contributed by atoms with E-state index >= 15 is 0 Å². The van der Waals surface area contributed by atoms with Crippen LogP contribution in [0.2, 0.25) is 0 Å². The topological polar surface area (TPSA) is 20.3 Å². The standard InChI is InChI=1S/C18H25NO/c1-14-6-2-3-9-16(14)18(20)11-13-19-12-5-8-15-7-4-10-17(15)19/h2-3,6,9,15,17H,4-5,7-8,10-13H2,1H3.